The number of carbonyl (C=O) groups excluding carboxylic acids is 1. The van der Waals surface area contributed by atoms with Gasteiger partial charge in [0, 0.05) is 18.3 Å². The monoisotopic (exact) mass is 221 g/mol. The topological polar surface area (TPSA) is 22.0 Å². The summed E-state index contributed by atoms with van der Waals surface area (Å²) in [5, 5.41) is 0. The predicted octanol–water partition coefficient (Wildman–Crippen LogP) is 3.84. The van der Waals surface area contributed by atoms with Gasteiger partial charge in [-0.05, 0) is 36.8 Å². The maximum Gasteiger partial charge on any atom is 0.233 e. The first-order chi connectivity index (χ1) is 7.50. The molecular formula is C14H23NO. The summed E-state index contributed by atoms with van der Waals surface area (Å²) in [4.78, 5) is 12.2. The van der Waals surface area contributed by atoms with Gasteiger partial charge < -0.3 is 0 Å². The lowest BCUT2D eigenvalue weighted by atomic mass is 9.89. The van der Waals surface area contributed by atoms with Crippen molar-refractivity contribution in [3.05, 3.63) is 24.5 Å². The number of nitrogens with zero attached hydrogens (tertiary/aromatic N) is 1. The van der Waals surface area contributed by atoms with E-state index in [4.69, 9.17) is 0 Å². The van der Waals surface area contributed by atoms with Crippen molar-refractivity contribution in [2.24, 2.45) is 17.8 Å². The van der Waals surface area contributed by atoms with E-state index >= 15 is 0 Å². The summed E-state index contributed by atoms with van der Waals surface area (Å²) in [6.45, 7) is 8.71. The van der Waals surface area contributed by atoms with E-state index in [-0.39, 0.29) is 11.8 Å². The molecule has 0 aliphatic rings. The van der Waals surface area contributed by atoms with Gasteiger partial charge in [-0.3, -0.25) is 9.36 Å². The molecule has 1 aromatic rings. The van der Waals surface area contributed by atoms with Crippen LogP contribution in [0.3, 0.4) is 0 Å². The van der Waals surface area contributed by atoms with Crippen molar-refractivity contribution in [2.75, 3.05) is 0 Å². The van der Waals surface area contributed by atoms with Gasteiger partial charge in [0.05, 0.1) is 0 Å². The second-order valence-corrected chi connectivity index (χ2v) is 5.38. The summed E-state index contributed by atoms with van der Waals surface area (Å²) in [5.74, 6) is 1.55. The molecule has 0 bridgehead atoms. The number of carbonyl (C=O) groups is 1. The molecule has 0 amide bonds. The van der Waals surface area contributed by atoms with Crippen molar-refractivity contribution in [1.82, 2.24) is 4.57 Å². The van der Waals surface area contributed by atoms with Crippen LogP contribution in [-0.4, -0.2) is 10.5 Å². The fourth-order valence-corrected chi connectivity index (χ4v) is 2.13. The zero-order valence-corrected chi connectivity index (χ0v) is 10.8. The molecule has 0 N–H and O–H groups in total. The molecule has 0 saturated heterocycles. The Labute approximate surface area is 98.7 Å². The van der Waals surface area contributed by atoms with E-state index in [0.29, 0.717) is 11.8 Å². The van der Waals surface area contributed by atoms with Crippen molar-refractivity contribution < 1.29 is 4.79 Å². The van der Waals surface area contributed by atoms with E-state index in [1.165, 1.54) is 0 Å². The zero-order chi connectivity index (χ0) is 12.1. The highest BCUT2D eigenvalue weighted by atomic mass is 16.2. The second-order valence-electron chi connectivity index (χ2n) is 5.38. The van der Waals surface area contributed by atoms with Gasteiger partial charge >= 0.3 is 0 Å². The van der Waals surface area contributed by atoms with E-state index in [1.807, 2.05) is 24.5 Å². The van der Waals surface area contributed by atoms with Crippen LogP contribution in [0.1, 0.15) is 45.3 Å². The predicted molar refractivity (Wildman–Crippen MR) is 67.5 cm³/mol. The highest BCUT2D eigenvalue weighted by Crippen LogP contribution is 2.21. The highest BCUT2D eigenvalue weighted by Gasteiger charge is 2.21. The van der Waals surface area contributed by atoms with Gasteiger partial charge in [-0.25, -0.2) is 0 Å². The standard InChI is InChI=1S/C14H23NO/c1-11(2)9-13(10-12(3)4)14(16)15-7-5-6-8-15/h5-8,11-13H,9-10H2,1-4H3. The Morgan fingerprint density at radius 1 is 1.00 bits per heavy atom. The SMILES string of the molecule is CC(C)CC(CC(C)C)C(=O)n1cccc1. The second kappa shape index (κ2) is 5.88. The normalized spacial score (nSPS) is 11.7. The summed E-state index contributed by atoms with van der Waals surface area (Å²) in [7, 11) is 0. The summed E-state index contributed by atoms with van der Waals surface area (Å²) in [5.41, 5.74) is 0. The fraction of sp³-hybridized carbons (Fsp3) is 0.643. The molecule has 2 nitrogen and oxygen atoms in total. The molecule has 0 fully saturated rings. The van der Waals surface area contributed by atoms with Crippen LogP contribution in [0, 0.1) is 17.8 Å². The first-order valence-corrected chi connectivity index (χ1v) is 6.18. The summed E-state index contributed by atoms with van der Waals surface area (Å²) in [6.07, 6.45) is 5.65. The fourth-order valence-electron chi connectivity index (χ4n) is 2.13. The molecular weight excluding hydrogens is 198 g/mol. The average Bonchev–Trinajstić information content (AvgIpc) is 2.66. The number of hydrogen-bond acceptors (Lipinski definition) is 1. The third-order valence-corrected chi connectivity index (χ3v) is 2.72. The van der Waals surface area contributed by atoms with Gasteiger partial charge in [0.15, 0.2) is 0 Å². The quantitative estimate of drug-likeness (QED) is 0.740. The van der Waals surface area contributed by atoms with Gasteiger partial charge in [-0.1, -0.05) is 27.7 Å². The third-order valence-electron chi connectivity index (χ3n) is 2.72. The van der Waals surface area contributed by atoms with Crippen LogP contribution in [0.15, 0.2) is 24.5 Å². The number of rotatable bonds is 5. The minimum atomic E-state index is 0.160. The molecule has 0 aliphatic carbocycles. The minimum Gasteiger partial charge on any atom is -0.294 e. The van der Waals surface area contributed by atoms with Crippen LogP contribution in [-0.2, 0) is 0 Å². The first-order valence-electron chi connectivity index (χ1n) is 6.18. The van der Waals surface area contributed by atoms with Crippen molar-refractivity contribution in [1.29, 1.82) is 0 Å². The van der Waals surface area contributed by atoms with E-state index in [0.717, 1.165) is 12.8 Å². The molecule has 0 aromatic carbocycles. The smallest absolute Gasteiger partial charge is 0.233 e. The first kappa shape index (κ1) is 13.0. The lowest BCUT2D eigenvalue weighted by molar-refractivity contribution is 0.0797. The highest BCUT2D eigenvalue weighted by molar-refractivity contribution is 5.81. The maximum atomic E-state index is 12.2. The largest absolute Gasteiger partial charge is 0.294 e. The Hall–Kier alpha value is -1.05. The molecule has 1 heterocycles. The molecule has 0 spiro atoms. The molecule has 90 valence electrons. The molecule has 0 atom stereocenters. The van der Waals surface area contributed by atoms with E-state index in [9.17, 15) is 4.79 Å². The molecule has 2 heteroatoms. The number of hydrogen-bond donors (Lipinski definition) is 0. The lowest BCUT2D eigenvalue weighted by Crippen LogP contribution is -2.23. The molecule has 0 unspecified atom stereocenters. The Morgan fingerprint density at radius 3 is 1.81 bits per heavy atom. The van der Waals surface area contributed by atoms with Gasteiger partial charge in [-0.15, -0.1) is 0 Å². The number of aromatic nitrogens is 1. The van der Waals surface area contributed by atoms with Crippen LogP contribution < -0.4 is 0 Å². The molecule has 0 aliphatic heterocycles. The van der Waals surface area contributed by atoms with Gasteiger partial charge in [0.1, 0.15) is 0 Å². The van der Waals surface area contributed by atoms with Crippen LogP contribution in [0.4, 0.5) is 0 Å². The minimum absolute atomic E-state index is 0.160. The Morgan fingerprint density at radius 2 is 1.44 bits per heavy atom. The lowest BCUT2D eigenvalue weighted by Gasteiger charge is -2.20. The Bertz CT molecular complexity index is 301. The molecule has 16 heavy (non-hydrogen) atoms. The van der Waals surface area contributed by atoms with Crippen LogP contribution in [0.5, 0.6) is 0 Å². The van der Waals surface area contributed by atoms with E-state index in [1.54, 1.807) is 4.57 Å². The van der Waals surface area contributed by atoms with Crippen molar-refractivity contribution in [2.45, 2.75) is 40.5 Å². The van der Waals surface area contributed by atoms with Gasteiger partial charge in [-0.2, -0.15) is 0 Å². The average molecular weight is 221 g/mol. The molecule has 0 radical (unpaired) electrons. The van der Waals surface area contributed by atoms with Crippen LogP contribution in [0.2, 0.25) is 0 Å². The molecule has 0 saturated carbocycles. The summed E-state index contributed by atoms with van der Waals surface area (Å²) in [6, 6.07) is 3.80. The van der Waals surface area contributed by atoms with E-state index in [2.05, 4.69) is 27.7 Å². The van der Waals surface area contributed by atoms with Crippen molar-refractivity contribution in [3.63, 3.8) is 0 Å². The zero-order valence-electron chi connectivity index (χ0n) is 10.8. The Kier molecular flexibility index (Phi) is 4.78. The van der Waals surface area contributed by atoms with Gasteiger partial charge in [0.25, 0.3) is 0 Å². The van der Waals surface area contributed by atoms with Crippen molar-refractivity contribution >= 4 is 5.91 Å². The maximum absolute atomic E-state index is 12.2. The van der Waals surface area contributed by atoms with Crippen LogP contribution in [0.25, 0.3) is 0 Å². The van der Waals surface area contributed by atoms with Crippen molar-refractivity contribution in [3.8, 4) is 0 Å². The Balaban J connectivity index is 2.71. The summed E-state index contributed by atoms with van der Waals surface area (Å²) < 4.78 is 1.72. The van der Waals surface area contributed by atoms with E-state index < -0.39 is 0 Å². The third kappa shape index (κ3) is 3.84. The van der Waals surface area contributed by atoms with Gasteiger partial charge in [0.2, 0.25) is 5.91 Å². The molecule has 1 rings (SSSR count). The van der Waals surface area contributed by atoms with Crippen LogP contribution >= 0.6 is 0 Å². The summed E-state index contributed by atoms with van der Waals surface area (Å²) >= 11 is 0. The molecule has 1 aromatic heterocycles.